The van der Waals surface area contributed by atoms with E-state index in [1.165, 1.54) is 0 Å². The van der Waals surface area contributed by atoms with Crippen molar-refractivity contribution in [1.82, 2.24) is 15.3 Å². The summed E-state index contributed by atoms with van der Waals surface area (Å²) in [5, 5.41) is 2.85. The summed E-state index contributed by atoms with van der Waals surface area (Å²) in [6.45, 7) is 4.51. The lowest BCUT2D eigenvalue weighted by atomic mass is 10.0. The van der Waals surface area contributed by atoms with Gasteiger partial charge in [-0.1, -0.05) is 26.0 Å². The molecule has 0 bridgehead atoms. The Morgan fingerprint density at radius 1 is 1.16 bits per heavy atom. The van der Waals surface area contributed by atoms with Crippen LogP contribution in [0.3, 0.4) is 0 Å². The molecule has 2 aromatic rings. The van der Waals surface area contributed by atoms with Crippen LogP contribution in [0, 0.1) is 0 Å². The van der Waals surface area contributed by atoms with E-state index in [0.717, 1.165) is 11.3 Å². The van der Waals surface area contributed by atoms with Crippen LogP contribution < -0.4 is 5.32 Å². The molecule has 1 amide bonds. The van der Waals surface area contributed by atoms with E-state index in [2.05, 4.69) is 15.3 Å². The summed E-state index contributed by atoms with van der Waals surface area (Å²) in [6.07, 6.45) is 3.35. The molecular formula is C15H17N3O. The number of nitrogens with zero attached hydrogens (tertiary/aromatic N) is 2. The Morgan fingerprint density at radius 2 is 1.95 bits per heavy atom. The SMILES string of the molecule is CC(C)c1cccnc1C(=O)NCc1ccccn1. The number of aromatic nitrogens is 2. The molecule has 0 fully saturated rings. The molecule has 0 aliphatic heterocycles. The maximum atomic E-state index is 12.1. The lowest BCUT2D eigenvalue weighted by Gasteiger charge is -2.11. The molecule has 0 saturated carbocycles. The van der Waals surface area contributed by atoms with E-state index >= 15 is 0 Å². The van der Waals surface area contributed by atoms with Crippen LogP contribution in [-0.2, 0) is 6.54 Å². The molecule has 0 aromatic carbocycles. The summed E-state index contributed by atoms with van der Waals surface area (Å²) in [4.78, 5) is 20.5. The fraction of sp³-hybridized carbons (Fsp3) is 0.267. The molecule has 0 spiro atoms. The molecule has 98 valence electrons. The van der Waals surface area contributed by atoms with Gasteiger partial charge in [0.05, 0.1) is 12.2 Å². The van der Waals surface area contributed by atoms with Crippen LogP contribution in [0.1, 0.15) is 41.5 Å². The Kier molecular flexibility index (Phi) is 4.23. The van der Waals surface area contributed by atoms with Gasteiger partial charge in [0.15, 0.2) is 0 Å². The first-order valence-electron chi connectivity index (χ1n) is 6.31. The van der Waals surface area contributed by atoms with Crippen molar-refractivity contribution in [3.8, 4) is 0 Å². The van der Waals surface area contributed by atoms with Gasteiger partial charge in [-0.05, 0) is 29.7 Å². The maximum absolute atomic E-state index is 12.1. The maximum Gasteiger partial charge on any atom is 0.270 e. The van der Waals surface area contributed by atoms with E-state index in [1.807, 2.05) is 44.2 Å². The first-order valence-corrected chi connectivity index (χ1v) is 6.31. The number of amides is 1. The average molecular weight is 255 g/mol. The number of pyridine rings is 2. The van der Waals surface area contributed by atoms with Crippen LogP contribution in [0.5, 0.6) is 0 Å². The van der Waals surface area contributed by atoms with Crippen molar-refractivity contribution in [1.29, 1.82) is 0 Å². The molecule has 0 aliphatic carbocycles. The van der Waals surface area contributed by atoms with Gasteiger partial charge in [0.25, 0.3) is 5.91 Å². The molecular weight excluding hydrogens is 238 g/mol. The topological polar surface area (TPSA) is 54.9 Å². The molecule has 4 nitrogen and oxygen atoms in total. The van der Waals surface area contributed by atoms with Gasteiger partial charge in [0.1, 0.15) is 5.69 Å². The van der Waals surface area contributed by atoms with Crippen LogP contribution in [0.2, 0.25) is 0 Å². The summed E-state index contributed by atoms with van der Waals surface area (Å²) < 4.78 is 0. The third kappa shape index (κ3) is 3.37. The van der Waals surface area contributed by atoms with Crippen molar-refractivity contribution in [3.05, 3.63) is 59.7 Å². The highest BCUT2D eigenvalue weighted by Crippen LogP contribution is 2.17. The molecule has 0 saturated heterocycles. The van der Waals surface area contributed by atoms with Gasteiger partial charge in [-0.15, -0.1) is 0 Å². The van der Waals surface area contributed by atoms with Crippen LogP contribution >= 0.6 is 0 Å². The number of hydrogen-bond donors (Lipinski definition) is 1. The van der Waals surface area contributed by atoms with Crippen molar-refractivity contribution in [2.75, 3.05) is 0 Å². The van der Waals surface area contributed by atoms with E-state index in [1.54, 1.807) is 12.4 Å². The van der Waals surface area contributed by atoms with Gasteiger partial charge in [-0.25, -0.2) is 0 Å². The smallest absolute Gasteiger partial charge is 0.270 e. The van der Waals surface area contributed by atoms with Crippen molar-refractivity contribution < 1.29 is 4.79 Å². The zero-order valence-corrected chi connectivity index (χ0v) is 11.1. The number of carbonyl (C=O) groups excluding carboxylic acids is 1. The highest BCUT2D eigenvalue weighted by Gasteiger charge is 2.14. The van der Waals surface area contributed by atoms with E-state index in [4.69, 9.17) is 0 Å². The molecule has 0 atom stereocenters. The average Bonchev–Trinajstić information content (AvgIpc) is 2.46. The van der Waals surface area contributed by atoms with Crippen molar-refractivity contribution in [3.63, 3.8) is 0 Å². The second-order valence-electron chi connectivity index (χ2n) is 4.60. The van der Waals surface area contributed by atoms with Crippen LogP contribution in [0.25, 0.3) is 0 Å². The Morgan fingerprint density at radius 3 is 2.63 bits per heavy atom. The fourth-order valence-electron chi connectivity index (χ4n) is 1.83. The van der Waals surface area contributed by atoms with E-state index < -0.39 is 0 Å². The largest absolute Gasteiger partial charge is 0.345 e. The molecule has 4 heteroatoms. The summed E-state index contributed by atoms with van der Waals surface area (Å²) in [6, 6.07) is 9.41. The molecule has 0 unspecified atom stereocenters. The van der Waals surface area contributed by atoms with Gasteiger partial charge in [0, 0.05) is 12.4 Å². The first kappa shape index (κ1) is 13.2. The molecule has 19 heavy (non-hydrogen) atoms. The molecule has 2 rings (SSSR count). The van der Waals surface area contributed by atoms with E-state index in [0.29, 0.717) is 12.2 Å². The summed E-state index contributed by atoms with van der Waals surface area (Å²) in [5.74, 6) is 0.110. The standard InChI is InChI=1S/C15H17N3O/c1-11(2)13-7-5-9-17-14(13)15(19)18-10-12-6-3-4-8-16-12/h3-9,11H,10H2,1-2H3,(H,18,19). The van der Waals surface area contributed by atoms with E-state index in [9.17, 15) is 4.79 Å². The van der Waals surface area contributed by atoms with E-state index in [-0.39, 0.29) is 11.8 Å². The first-order chi connectivity index (χ1) is 9.18. The van der Waals surface area contributed by atoms with Gasteiger partial charge in [-0.2, -0.15) is 0 Å². The second-order valence-corrected chi connectivity index (χ2v) is 4.60. The highest BCUT2D eigenvalue weighted by atomic mass is 16.1. The van der Waals surface area contributed by atoms with Crippen molar-refractivity contribution in [2.24, 2.45) is 0 Å². The third-order valence-corrected chi connectivity index (χ3v) is 2.83. The fourth-order valence-corrected chi connectivity index (χ4v) is 1.83. The quantitative estimate of drug-likeness (QED) is 0.913. The predicted octanol–water partition coefficient (Wildman–Crippen LogP) is 2.53. The normalized spacial score (nSPS) is 10.5. The lowest BCUT2D eigenvalue weighted by molar-refractivity contribution is 0.0944. The van der Waals surface area contributed by atoms with Crippen molar-refractivity contribution in [2.45, 2.75) is 26.3 Å². The number of carbonyl (C=O) groups is 1. The van der Waals surface area contributed by atoms with Crippen LogP contribution in [0.15, 0.2) is 42.7 Å². The summed E-state index contributed by atoms with van der Waals surface area (Å²) >= 11 is 0. The molecule has 1 N–H and O–H groups in total. The zero-order chi connectivity index (χ0) is 13.7. The van der Waals surface area contributed by atoms with Gasteiger partial charge >= 0.3 is 0 Å². The second kappa shape index (κ2) is 6.09. The number of nitrogens with one attached hydrogen (secondary N) is 1. The Bertz CT molecular complexity index is 552. The molecule has 0 radical (unpaired) electrons. The highest BCUT2D eigenvalue weighted by molar-refractivity contribution is 5.93. The summed E-state index contributed by atoms with van der Waals surface area (Å²) in [7, 11) is 0. The van der Waals surface area contributed by atoms with Crippen LogP contribution in [0.4, 0.5) is 0 Å². The number of hydrogen-bond acceptors (Lipinski definition) is 3. The molecule has 2 aromatic heterocycles. The minimum atomic E-state index is -0.157. The van der Waals surface area contributed by atoms with Crippen LogP contribution in [-0.4, -0.2) is 15.9 Å². The molecule has 0 aliphatic rings. The van der Waals surface area contributed by atoms with Gasteiger partial charge in [-0.3, -0.25) is 14.8 Å². The zero-order valence-electron chi connectivity index (χ0n) is 11.1. The molecule has 2 heterocycles. The Hall–Kier alpha value is -2.23. The number of rotatable bonds is 4. The lowest BCUT2D eigenvalue weighted by Crippen LogP contribution is -2.25. The Labute approximate surface area is 112 Å². The predicted molar refractivity (Wildman–Crippen MR) is 73.7 cm³/mol. The summed E-state index contributed by atoms with van der Waals surface area (Å²) in [5.41, 5.74) is 2.28. The van der Waals surface area contributed by atoms with Gasteiger partial charge in [0.2, 0.25) is 0 Å². The van der Waals surface area contributed by atoms with Crippen molar-refractivity contribution >= 4 is 5.91 Å². The monoisotopic (exact) mass is 255 g/mol. The minimum Gasteiger partial charge on any atom is -0.345 e. The minimum absolute atomic E-state index is 0.157. The third-order valence-electron chi connectivity index (χ3n) is 2.83. The van der Waals surface area contributed by atoms with Gasteiger partial charge < -0.3 is 5.32 Å². The Balaban J connectivity index is 2.08.